The number of halogens is 1. The van der Waals surface area contributed by atoms with Gasteiger partial charge in [0.1, 0.15) is 0 Å². The predicted octanol–water partition coefficient (Wildman–Crippen LogP) is 5.70. The van der Waals surface area contributed by atoms with E-state index in [2.05, 4.69) is 37.3 Å². The predicted molar refractivity (Wildman–Crippen MR) is 120 cm³/mol. The molecule has 152 valence electrons. The summed E-state index contributed by atoms with van der Waals surface area (Å²) >= 11 is 6.25. The molecule has 0 aliphatic carbocycles. The lowest BCUT2D eigenvalue weighted by Crippen LogP contribution is -2.63. The zero-order chi connectivity index (χ0) is 20.7. The van der Waals surface area contributed by atoms with Gasteiger partial charge < -0.3 is 5.32 Å². The van der Waals surface area contributed by atoms with Gasteiger partial charge in [-0.25, -0.2) is 0 Å². The van der Waals surface area contributed by atoms with Crippen LogP contribution in [0.3, 0.4) is 0 Å². The fraction of sp³-hybridized carbons (Fsp3) is 0.458. The SMILES string of the molecule is C=C/C=C(\C=C)C(NC(=O)c1cccc(Cl)c1C)C1(CCC)CCCCN1C. The van der Waals surface area contributed by atoms with E-state index in [9.17, 15) is 4.79 Å². The molecule has 1 amide bonds. The number of carbonyl (C=O) groups excluding carboxylic acids is 1. The van der Waals surface area contributed by atoms with Gasteiger partial charge in [0.15, 0.2) is 0 Å². The molecule has 1 heterocycles. The van der Waals surface area contributed by atoms with E-state index in [0.29, 0.717) is 10.6 Å². The summed E-state index contributed by atoms with van der Waals surface area (Å²) in [5.74, 6) is -0.101. The molecule has 4 heteroatoms. The van der Waals surface area contributed by atoms with Crippen LogP contribution in [0.4, 0.5) is 0 Å². The lowest BCUT2D eigenvalue weighted by atomic mass is 9.74. The molecule has 3 nitrogen and oxygen atoms in total. The van der Waals surface area contributed by atoms with Crippen molar-refractivity contribution >= 4 is 17.5 Å². The molecule has 0 spiro atoms. The second kappa shape index (κ2) is 10.1. The maximum atomic E-state index is 13.3. The summed E-state index contributed by atoms with van der Waals surface area (Å²) < 4.78 is 0. The molecule has 28 heavy (non-hydrogen) atoms. The summed E-state index contributed by atoms with van der Waals surface area (Å²) in [5, 5.41) is 3.94. The average Bonchev–Trinajstić information content (AvgIpc) is 2.68. The number of amides is 1. The summed E-state index contributed by atoms with van der Waals surface area (Å²) in [6, 6.07) is 5.29. The van der Waals surface area contributed by atoms with Crippen molar-refractivity contribution in [2.75, 3.05) is 13.6 Å². The van der Waals surface area contributed by atoms with Crippen molar-refractivity contribution in [1.82, 2.24) is 10.2 Å². The van der Waals surface area contributed by atoms with Gasteiger partial charge in [0.05, 0.1) is 6.04 Å². The van der Waals surface area contributed by atoms with Gasteiger partial charge >= 0.3 is 0 Å². The average molecular weight is 401 g/mol. The van der Waals surface area contributed by atoms with E-state index in [1.165, 1.54) is 6.42 Å². The Labute approximate surface area is 175 Å². The Kier molecular flexibility index (Phi) is 8.09. The van der Waals surface area contributed by atoms with Crippen LogP contribution >= 0.6 is 11.6 Å². The number of likely N-dealkylation sites (N-methyl/N-ethyl adjacent to an activating group) is 1. The third-order valence-corrected chi connectivity index (χ3v) is 6.41. The molecule has 0 radical (unpaired) electrons. The van der Waals surface area contributed by atoms with E-state index in [4.69, 9.17) is 11.6 Å². The van der Waals surface area contributed by atoms with Crippen LogP contribution in [0.1, 0.15) is 54.9 Å². The fourth-order valence-corrected chi connectivity index (χ4v) is 4.63. The van der Waals surface area contributed by atoms with Gasteiger partial charge in [-0.05, 0) is 63.0 Å². The van der Waals surface area contributed by atoms with Crippen LogP contribution in [0, 0.1) is 6.92 Å². The molecule has 0 aromatic heterocycles. The molecule has 2 rings (SSSR count). The normalized spacial score (nSPS) is 21.8. The number of hydrogen-bond donors (Lipinski definition) is 1. The summed E-state index contributed by atoms with van der Waals surface area (Å²) in [7, 11) is 2.17. The monoisotopic (exact) mass is 400 g/mol. The molecule has 1 aromatic rings. The van der Waals surface area contributed by atoms with Crippen molar-refractivity contribution in [2.45, 2.75) is 57.5 Å². The van der Waals surface area contributed by atoms with Gasteiger partial charge in [-0.1, -0.05) is 68.8 Å². The van der Waals surface area contributed by atoms with Crippen LogP contribution < -0.4 is 5.32 Å². The Morgan fingerprint density at radius 1 is 1.39 bits per heavy atom. The van der Waals surface area contributed by atoms with Crippen molar-refractivity contribution in [3.8, 4) is 0 Å². The summed E-state index contributed by atoms with van der Waals surface area (Å²) in [6.07, 6.45) is 11.0. The number of likely N-dealkylation sites (tertiary alicyclic amines) is 1. The van der Waals surface area contributed by atoms with Crippen LogP contribution in [0.25, 0.3) is 0 Å². The van der Waals surface area contributed by atoms with E-state index in [-0.39, 0.29) is 17.5 Å². The third-order valence-electron chi connectivity index (χ3n) is 6.00. The van der Waals surface area contributed by atoms with E-state index in [1.54, 1.807) is 6.08 Å². The number of rotatable bonds is 8. The lowest BCUT2D eigenvalue weighted by Gasteiger charge is -2.51. The van der Waals surface area contributed by atoms with Gasteiger partial charge in [0, 0.05) is 16.1 Å². The highest BCUT2D eigenvalue weighted by atomic mass is 35.5. The van der Waals surface area contributed by atoms with Crippen LogP contribution in [-0.2, 0) is 0 Å². The smallest absolute Gasteiger partial charge is 0.252 e. The summed E-state index contributed by atoms with van der Waals surface area (Å²) in [6.45, 7) is 13.0. The topological polar surface area (TPSA) is 32.3 Å². The molecular formula is C24H33ClN2O. The zero-order valence-corrected chi connectivity index (χ0v) is 18.2. The van der Waals surface area contributed by atoms with E-state index < -0.39 is 0 Å². The van der Waals surface area contributed by atoms with Crippen molar-refractivity contribution in [1.29, 1.82) is 0 Å². The minimum Gasteiger partial charge on any atom is -0.343 e. The highest BCUT2D eigenvalue weighted by Gasteiger charge is 2.44. The Hall–Kier alpha value is -1.84. The van der Waals surface area contributed by atoms with Crippen LogP contribution in [0.5, 0.6) is 0 Å². The fourth-order valence-electron chi connectivity index (χ4n) is 4.46. The zero-order valence-electron chi connectivity index (χ0n) is 17.4. The van der Waals surface area contributed by atoms with E-state index in [1.807, 2.05) is 37.3 Å². The Morgan fingerprint density at radius 2 is 2.14 bits per heavy atom. The third kappa shape index (κ3) is 4.59. The standard InChI is InChI=1S/C24H33ClN2O/c1-6-12-19(8-3)22(24(15-7-2)16-9-10-17-27(24)5)26-23(28)20-13-11-14-21(25)18(20)4/h6,8,11-14,22H,1,3,7,9-10,15-17H2,2,4-5H3,(H,26,28)/b19-12+. The number of nitrogens with zero attached hydrogens (tertiary/aromatic N) is 1. The van der Waals surface area contributed by atoms with E-state index >= 15 is 0 Å². The second-order valence-corrected chi connectivity index (χ2v) is 8.06. The largest absolute Gasteiger partial charge is 0.343 e. The highest BCUT2D eigenvalue weighted by molar-refractivity contribution is 6.31. The number of allylic oxidation sites excluding steroid dienone is 2. The first-order valence-electron chi connectivity index (χ1n) is 10.1. The number of piperidine rings is 1. The lowest BCUT2D eigenvalue weighted by molar-refractivity contribution is 0.0369. The molecule has 0 saturated carbocycles. The van der Waals surface area contributed by atoms with Gasteiger partial charge in [-0.3, -0.25) is 9.69 Å². The van der Waals surface area contributed by atoms with Crippen LogP contribution in [-0.4, -0.2) is 36.0 Å². The second-order valence-electron chi connectivity index (χ2n) is 7.66. The molecule has 1 aliphatic heterocycles. The molecule has 1 fully saturated rings. The van der Waals surface area contributed by atoms with Gasteiger partial charge in [-0.15, -0.1) is 0 Å². The molecular weight excluding hydrogens is 368 g/mol. The summed E-state index contributed by atoms with van der Waals surface area (Å²) in [4.78, 5) is 15.7. The molecule has 1 saturated heterocycles. The Balaban J connectivity index is 2.51. The molecule has 1 N–H and O–H groups in total. The molecule has 1 aliphatic rings. The number of nitrogens with one attached hydrogen (secondary N) is 1. The maximum Gasteiger partial charge on any atom is 0.252 e. The number of benzene rings is 1. The van der Waals surface area contributed by atoms with Crippen LogP contribution in [0.15, 0.2) is 55.2 Å². The quantitative estimate of drug-likeness (QED) is 0.567. The minimum absolute atomic E-state index is 0.101. The molecule has 1 aromatic carbocycles. The first-order chi connectivity index (χ1) is 13.4. The first kappa shape index (κ1) is 22.4. The van der Waals surface area contributed by atoms with E-state index in [0.717, 1.165) is 43.4 Å². The van der Waals surface area contributed by atoms with Gasteiger partial charge in [-0.2, -0.15) is 0 Å². The Bertz CT molecular complexity index is 751. The maximum absolute atomic E-state index is 13.3. The van der Waals surface area contributed by atoms with Gasteiger partial charge in [0.25, 0.3) is 5.91 Å². The highest BCUT2D eigenvalue weighted by Crippen LogP contribution is 2.37. The number of carbonyl (C=O) groups is 1. The van der Waals surface area contributed by atoms with Crippen molar-refractivity contribution < 1.29 is 4.79 Å². The van der Waals surface area contributed by atoms with Crippen molar-refractivity contribution in [3.05, 3.63) is 71.3 Å². The molecule has 2 unspecified atom stereocenters. The van der Waals surface area contributed by atoms with Crippen molar-refractivity contribution in [3.63, 3.8) is 0 Å². The van der Waals surface area contributed by atoms with Gasteiger partial charge in [0.2, 0.25) is 0 Å². The molecule has 0 bridgehead atoms. The molecule has 2 atom stereocenters. The first-order valence-corrected chi connectivity index (χ1v) is 10.5. The van der Waals surface area contributed by atoms with Crippen molar-refractivity contribution in [2.24, 2.45) is 0 Å². The summed E-state index contributed by atoms with van der Waals surface area (Å²) in [5.41, 5.74) is 2.27. The number of hydrogen-bond acceptors (Lipinski definition) is 2. The minimum atomic E-state index is -0.167. The van der Waals surface area contributed by atoms with Crippen LogP contribution in [0.2, 0.25) is 5.02 Å². The Morgan fingerprint density at radius 3 is 2.75 bits per heavy atom.